The highest BCUT2D eigenvalue weighted by Gasteiger charge is 2.11. The molecule has 14 heavy (non-hydrogen) atoms. The lowest BCUT2D eigenvalue weighted by Gasteiger charge is -2.04. The first-order chi connectivity index (χ1) is 6.65. The summed E-state index contributed by atoms with van der Waals surface area (Å²) in [6, 6.07) is 2.99. The van der Waals surface area contributed by atoms with Crippen molar-refractivity contribution in [1.29, 1.82) is 0 Å². The second-order valence-electron chi connectivity index (χ2n) is 2.40. The molecule has 0 bridgehead atoms. The molecule has 0 aliphatic carbocycles. The van der Waals surface area contributed by atoms with E-state index in [4.69, 9.17) is 5.11 Å². The van der Waals surface area contributed by atoms with Gasteiger partial charge in [-0.05, 0) is 18.2 Å². The van der Waals surface area contributed by atoms with Crippen LogP contribution in [-0.2, 0) is 4.79 Å². The van der Waals surface area contributed by atoms with Crippen LogP contribution in [0.4, 0.5) is 5.69 Å². The van der Waals surface area contributed by atoms with Gasteiger partial charge >= 0.3 is 5.97 Å². The fourth-order valence-corrected chi connectivity index (χ4v) is 0.860. The Labute approximate surface area is 80.1 Å². The van der Waals surface area contributed by atoms with E-state index in [0.29, 0.717) is 0 Å². The van der Waals surface area contributed by atoms with Crippen LogP contribution in [0.1, 0.15) is 10.5 Å². The van der Waals surface area contributed by atoms with E-state index >= 15 is 0 Å². The SMILES string of the molecule is C=CC(=O)Nc1cccnc1C(=O)O. The zero-order valence-electron chi connectivity index (χ0n) is 7.23. The minimum absolute atomic E-state index is 0.157. The molecule has 0 spiro atoms. The second kappa shape index (κ2) is 4.18. The Morgan fingerprint density at radius 2 is 2.29 bits per heavy atom. The van der Waals surface area contributed by atoms with E-state index in [2.05, 4.69) is 16.9 Å². The molecule has 1 amide bonds. The number of rotatable bonds is 3. The summed E-state index contributed by atoms with van der Waals surface area (Å²) >= 11 is 0. The predicted molar refractivity (Wildman–Crippen MR) is 50.0 cm³/mol. The third kappa shape index (κ3) is 2.16. The number of carbonyl (C=O) groups is 2. The zero-order valence-corrected chi connectivity index (χ0v) is 7.23. The summed E-state index contributed by atoms with van der Waals surface area (Å²) in [5.41, 5.74) is -0.0346. The van der Waals surface area contributed by atoms with Gasteiger partial charge in [-0.3, -0.25) is 4.79 Å². The number of anilines is 1. The van der Waals surface area contributed by atoms with E-state index in [1.54, 1.807) is 0 Å². The summed E-state index contributed by atoms with van der Waals surface area (Å²) in [4.78, 5) is 25.2. The van der Waals surface area contributed by atoms with E-state index in [9.17, 15) is 9.59 Å². The number of aromatic nitrogens is 1. The first-order valence-electron chi connectivity index (χ1n) is 3.77. The van der Waals surface area contributed by atoms with Gasteiger partial charge in [0.15, 0.2) is 5.69 Å². The highest BCUT2D eigenvalue weighted by atomic mass is 16.4. The third-order valence-corrected chi connectivity index (χ3v) is 1.45. The lowest BCUT2D eigenvalue weighted by molar-refractivity contribution is -0.111. The van der Waals surface area contributed by atoms with Gasteiger partial charge < -0.3 is 10.4 Å². The number of aromatic carboxylic acids is 1. The Morgan fingerprint density at radius 1 is 1.57 bits per heavy atom. The van der Waals surface area contributed by atoms with Crippen LogP contribution in [-0.4, -0.2) is 22.0 Å². The Bertz CT molecular complexity index is 387. The minimum atomic E-state index is -1.19. The van der Waals surface area contributed by atoms with Gasteiger partial charge in [0, 0.05) is 6.20 Å². The van der Waals surface area contributed by atoms with Crippen LogP contribution in [0.5, 0.6) is 0 Å². The molecule has 0 aliphatic heterocycles. The molecule has 1 aromatic rings. The van der Waals surface area contributed by atoms with Gasteiger partial charge in [0.1, 0.15) is 0 Å². The summed E-state index contributed by atoms with van der Waals surface area (Å²) in [6.45, 7) is 3.25. The molecule has 0 aromatic carbocycles. The summed E-state index contributed by atoms with van der Waals surface area (Å²) in [7, 11) is 0. The zero-order chi connectivity index (χ0) is 10.6. The van der Waals surface area contributed by atoms with Crippen molar-refractivity contribution in [3.8, 4) is 0 Å². The number of nitrogens with one attached hydrogen (secondary N) is 1. The third-order valence-electron chi connectivity index (χ3n) is 1.45. The maximum Gasteiger partial charge on any atom is 0.356 e. The number of nitrogens with zero attached hydrogens (tertiary/aromatic N) is 1. The van der Waals surface area contributed by atoms with Crippen molar-refractivity contribution in [2.24, 2.45) is 0 Å². The summed E-state index contributed by atoms with van der Waals surface area (Å²) in [5.74, 6) is -1.66. The minimum Gasteiger partial charge on any atom is -0.476 e. The van der Waals surface area contributed by atoms with Gasteiger partial charge in [-0.15, -0.1) is 0 Å². The molecule has 5 heteroatoms. The standard InChI is InChI=1S/C9H8N2O3/c1-2-7(12)11-6-4-3-5-10-8(6)9(13)14/h2-5H,1H2,(H,11,12)(H,13,14). The molecule has 0 aliphatic rings. The molecule has 0 atom stereocenters. The van der Waals surface area contributed by atoms with Gasteiger partial charge in [-0.2, -0.15) is 0 Å². The first kappa shape index (κ1) is 9.91. The average molecular weight is 192 g/mol. The smallest absolute Gasteiger partial charge is 0.356 e. The average Bonchev–Trinajstić information content (AvgIpc) is 2.18. The van der Waals surface area contributed by atoms with Crippen LogP contribution in [0.25, 0.3) is 0 Å². The van der Waals surface area contributed by atoms with Crippen molar-refractivity contribution in [1.82, 2.24) is 4.98 Å². The fourth-order valence-electron chi connectivity index (χ4n) is 0.860. The van der Waals surface area contributed by atoms with Gasteiger partial charge in [0.05, 0.1) is 5.69 Å². The van der Waals surface area contributed by atoms with E-state index in [-0.39, 0.29) is 11.4 Å². The number of hydrogen-bond acceptors (Lipinski definition) is 3. The van der Waals surface area contributed by atoms with Crippen LogP contribution in [0.2, 0.25) is 0 Å². The number of amides is 1. The summed E-state index contributed by atoms with van der Waals surface area (Å²) < 4.78 is 0. The summed E-state index contributed by atoms with van der Waals surface area (Å²) in [5, 5.41) is 11.1. The van der Waals surface area contributed by atoms with Gasteiger partial charge in [-0.25, -0.2) is 9.78 Å². The molecule has 0 radical (unpaired) electrons. The Kier molecular flexibility index (Phi) is 2.96. The molecule has 1 aromatic heterocycles. The number of hydrogen-bond donors (Lipinski definition) is 2. The first-order valence-corrected chi connectivity index (χ1v) is 3.77. The van der Waals surface area contributed by atoms with E-state index in [1.165, 1.54) is 18.3 Å². The molecular weight excluding hydrogens is 184 g/mol. The normalized spacial score (nSPS) is 9.14. The largest absolute Gasteiger partial charge is 0.476 e. The quantitative estimate of drug-likeness (QED) is 0.697. The molecule has 0 fully saturated rings. The predicted octanol–water partition coefficient (Wildman–Crippen LogP) is 0.904. The van der Waals surface area contributed by atoms with Crippen LogP contribution in [0.15, 0.2) is 31.0 Å². The number of pyridine rings is 1. The van der Waals surface area contributed by atoms with Crippen molar-refractivity contribution in [3.63, 3.8) is 0 Å². The van der Waals surface area contributed by atoms with Gasteiger partial charge in [0.2, 0.25) is 5.91 Å². The Hall–Kier alpha value is -2.17. The maximum atomic E-state index is 10.9. The lowest BCUT2D eigenvalue weighted by Crippen LogP contribution is -2.12. The number of carboxylic acid groups (broad SMARTS) is 1. The Balaban J connectivity index is 3.01. The molecule has 0 saturated heterocycles. The van der Waals surface area contributed by atoms with E-state index < -0.39 is 11.9 Å². The molecule has 2 N–H and O–H groups in total. The Morgan fingerprint density at radius 3 is 2.86 bits per heavy atom. The highest BCUT2D eigenvalue weighted by Crippen LogP contribution is 2.11. The number of carboxylic acids is 1. The van der Waals surface area contributed by atoms with Crippen LogP contribution in [0.3, 0.4) is 0 Å². The van der Waals surface area contributed by atoms with Crippen molar-refractivity contribution < 1.29 is 14.7 Å². The van der Waals surface area contributed by atoms with E-state index in [1.807, 2.05) is 0 Å². The monoisotopic (exact) mass is 192 g/mol. The van der Waals surface area contributed by atoms with Crippen LogP contribution in [0, 0.1) is 0 Å². The van der Waals surface area contributed by atoms with Gasteiger partial charge in [0.25, 0.3) is 0 Å². The molecule has 72 valence electrons. The fraction of sp³-hybridized carbons (Fsp3) is 0. The molecule has 0 saturated carbocycles. The van der Waals surface area contributed by atoms with Crippen molar-refractivity contribution >= 4 is 17.6 Å². The van der Waals surface area contributed by atoms with E-state index in [0.717, 1.165) is 6.08 Å². The molecule has 1 rings (SSSR count). The topological polar surface area (TPSA) is 79.3 Å². The molecule has 0 unspecified atom stereocenters. The molecular formula is C9H8N2O3. The maximum absolute atomic E-state index is 10.9. The van der Waals surface area contributed by atoms with Crippen LogP contribution < -0.4 is 5.32 Å². The van der Waals surface area contributed by atoms with Crippen molar-refractivity contribution in [2.75, 3.05) is 5.32 Å². The van der Waals surface area contributed by atoms with Crippen LogP contribution >= 0.6 is 0 Å². The van der Waals surface area contributed by atoms with Crippen molar-refractivity contribution in [3.05, 3.63) is 36.7 Å². The lowest BCUT2D eigenvalue weighted by atomic mass is 10.3. The number of carbonyl (C=O) groups excluding carboxylic acids is 1. The molecule has 1 heterocycles. The van der Waals surface area contributed by atoms with Crippen molar-refractivity contribution in [2.45, 2.75) is 0 Å². The molecule has 5 nitrogen and oxygen atoms in total. The van der Waals surface area contributed by atoms with Gasteiger partial charge in [-0.1, -0.05) is 6.58 Å². The second-order valence-corrected chi connectivity index (χ2v) is 2.40. The highest BCUT2D eigenvalue weighted by molar-refractivity contribution is 6.03. The summed E-state index contributed by atoms with van der Waals surface area (Å²) in [6.07, 6.45) is 2.39.